The summed E-state index contributed by atoms with van der Waals surface area (Å²) in [6.45, 7) is 4.47. The Bertz CT molecular complexity index is 390. The first kappa shape index (κ1) is 10.8. The highest BCUT2D eigenvalue weighted by Gasteiger charge is 2.24. The lowest BCUT2D eigenvalue weighted by Crippen LogP contribution is -2.12. The predicted octanol–water partition coefficient (Wildman–Crippen LogP) is 2.25. The van der Waals surface area contributed by atoms with Gasteiger partial charge in [-0.05, 0) is 31.5 Å². The molecule has 0 saturated carbocycles. The number of nitrogens with one attached hydrogen (secondary N) is 1. The number of carbonyl (C=O) groups excluding carboxylic acids is 1. The van der Waals surface area contributed by atoms with Crippen LogP contribution in [0, 0.1) is 0 Å². The lowest BCUT2D eigenvalue weighted by molar-refractivity contribution is 0.140. The van der Waals surface area contributed by atoms with Gasteiger partial charge in [-0.3, -0.25) is 0 Å². The zero-order valence-corrected chi connectivity index (χ0v) is 9.40. The van der Waals surface area contributed by atoms with Gasteiger partial charge < -0.3 is 14.8 Å². The molecule has 1 aromatic carbocycles. The molecule has 86 valence electrons. The summed E-state index contributed by atoms with van der Waals surface area (Å²) in [6, 6.07) is 7.63. The van der Waals surface area contributed by atoms with Gasteiger partial charge in [0.1, 0.15) is 11.9 Å². The van der Waals surface area contributed by atoms with E-state index in [0.717, 1.165) is 11.3 Å². The fourth-order valence-corrected chi connectivity index (χ4v) is 1.63. The Hall–Kier alpha value is -1.71. The van der Waals surface area contributed by atoms with Crippen molar-refractivity contribution >= 4 is 6.09 Å². The molecule has 1 saturated heterocycles. The first-order valence-corrected chi connectivity index (χ1v) is 5.36. The van der Waals surface area contributed by atoms with Crippen molar-refractivity contribution in [3.63, 3.8) is 0 Å². The Balaban J connectivity index is 2.12. The smallest absolute Gasteiger partial charge is 0.407 e. The van der Waals surface area contributed by atoms with Crippen LogP contribution in [-0.4, -0.2) is 18.7 Å². The summed E-state index contributed by atoms with van der Waals surface area (Å²) in [4.78, 5) is 10.9. The lowest BCUT2D eigenvalue weighted by Gasteiger charge is -2.13. The van der Waals surface area contributed by atoms with Crippen LogP contribution in [0.4, 0.5) is 4.79 Å². The monoisotopic (exact) mass is 221 g/mol. The van der Waals surface area contributed by atoms with Gasteiger partial charge in [-0.1, -0.05) is 12.1 Å². The highest BCUT2D eigenvalue weighted by Crippen LogP contribution is 2.24. The predicted molar refractivity (Wildman–Crippen MR) is 59.4 cm³/mol. The first-order valence-electron chi connectivity index (χ1n) is 5.36. The van der Waals surface area contributed by atoms with Crippen molar-refractivity contribution < 1.29 is 14.3 Å². The zero-order chi connectivity index (χ0) is 11.5. The number of alkyl carbamates (subject to hydrolysis) is 1. The van der Waals surface area contributed by atoms with E-state index in [4.69, 9.17) is 9.47 Å². The van der Waals surface area contributed by atoms with Crippen LogP contribution in [0.25, 0.3) is 0 Å². The van der Waals surface area contributed by atoms with Gasteiger partial charge >= 0.3 is 6.09 Å². The van der Waals surface area contributed by atoms with E-state index >= 15 is 0 Å². The van der Waals surface area contributed by atoms with Crippen molar-refractivity contribution in [3.05, 3.63) is 29.8 Å². The molecule has 4 nitrogen and oxygen atoms in total. The van der Waals surface area contributed by atoms with Crippen molar-refractivity contribution in [2.75, 3.05) is 6.54 Å². The fraction of sp³-hybridized carbons (Fsp3) is 0.417. The average Bonchev–Trinajstić information content (AvgIpc) is 2.64. The topological polar surface area (TPSA) is 47.6 Å². The van der Waals surface area contributed by atoms with Gasteiger partial charge in [-0.25, -0.2) is 4.79 Å². The van der Waals surface area contributed by atoms with Crippen LogP contribution in [0.1, 0.15) is 25.5 Å². The molecule has 0 spiro atoms. The summed E-state index contributed by atoms with van der Waals surface area (Å²) in [5.74, 6) is 0.801. The van der Waals surface area contributed by atoms with Crippen molar-refractivity contribution in [1.29, 1.82) is 0 Å². The molecule has 2 rings (SSSR count). The van der Waals surface area contributed by atoms with E-state index in [0.29, 0.717) is 6.54 Å². The molecule has 16 heavy (non-hydrogen) atoms. The summed E-state index contributed by atoms with van der Waals surface area (Å²) in [5.41, 5.74) is 0.955. The summed E-state index contributed by atoms with van der Waals surface area (Å²) in [6.07, 6.45) is -0.428. The second-order valence-corrected chi connectivity index (χ2v) is 4.01. The highest BCUT2D eigenvalue weighted by atomic mass is 16.6. The van der Waals surface area contributed by atoms with Crippen molar-refractivity contribution in [1.82, 2.24) is 5.32 Å². The number of hydrogen-bond donors (Lipinski definition) is 1. The summed E-state index contributed by atoms with van der Waals surface area (Å²) in [7, 11) is 0. The van der Waals surface area contributed by atoms with Gasteiger partial charge in [0.15, 0.2) is 0 Å². The molecule has 1 heterocycles. The van der Waals surface area contributed by atoms with Crippen LogP contribution >= 0.6 is 0 Å². The minimum absolute atomic E-state index is 0.138. The molecule has 0 radical (unpaired) electrons. The largest absolute Gasteiger partial charge is 0.491 e. The third-order valence-electron chi connectivity index (χ3n) is 2.28. The molecule has 1 fully saturated rings. The van der Waals surface area contributed by atoms with Gasteiger partial charge in [0.25, 0.3) is 0 Å². The number of rotatable bonds is 3. The maximum Gasteiger partial charge on any atom is 0.407 e. The molecule has 1 aliphatic heterocycles. The molecule has 1 amide bonds. The van der Waals surface area contributed by atoms with E-state index in [1.807, 2.05) is 38.1 Å². The SMILES string of the molecule is CC(C)Oc1cccc(C2CNC(=O)O2)c1. The van der Waals surface area contributed by atoms with Gasteiger partial charge in [0, 0.05) is 0 Å². The summed E-state index contributed by atoms with van der Waals surface area (Å²) in [5, 5.41) is 2.63. The van der Waals surface area contributed by atoms with Crippen molar-refractivity contribution in [2.45, 2.75) is 26.1 Å². The molecule has 1 aliphatic rings. The van der Waals surface area contributed by atoms with E-state index in [1.54, 1.807) is 0 Å². The van der Waals surface area contributed by atoms with Gasteiger partial charge in [-0.15, -0.1) is 0 Å². The molecule has 0 bridgehead atoms. The van der Waals surface area contributed by atoms with Crippen molar-refractivity contribution in [2.24, 2.45) is 0 Å². The maximum atomic E-state index is 10.9. The molecule has 0 aromatic heterocycles. The Kier molecular flexibility index (Phi) is 2.99. The quantitative estimate of drug-likeness (QED) is 0.851. The molecule has 0 aliphatic carbocycles. The third-order valence-corrected chi connectivity index (χ3v) is 2.28. The molecule has 4 heteroatoms. The van der Waals surface area contributed by atoms with Gasteiger partial charge in [-0.2, -0.15) is 0 Å². The van der Waals surface area contributed by atoms with E-state index in [1.165, 1.54) is 0 Å². The molecular weight excluding hydrogens is 206 g/mol. The van der Waals surface area contributed by atoms with Gasteiger partial charge in [0.2, 0.25) is 0 Å². The summed E-state index contributed by atoms with van der Waals surface area (Å²) < 4.78 is 10.7. The van der Waals surface area contributed by atoms with Crippen LogP contribution < -0.4 is 10.1 Å². The number of hydrogen-bond acceptors (Lipinski definition) is 3. The number of cyclic esters (lactones) is 1. The van der Waals surface area contributed by atoms with Gasteiger partial charge in [0.05, 0.1) is 12.6 Å². The molecule has 1 unspecified atom stereocenters. The van der Waals surface area contributed by atoms with E-state index in [9.17, 15) is 4.79 Å². The second-order valence-electron chi connectivity index (χ2n) is 4.01. The number of benzene rings is 1. The van der Waals surface area contributed by atoms with Crippen LogP contribution in [0.3, 0.4) is 0 Å². The standard InChI is InChI=1S/C12H15NO3/c1-8(2)15-10-5-3-4-9(6-10)11-7-13-12(14)16-11/h3-6,8,11H,7H2,1-2H3,(H,13,14). The molecule has 1 atom stereocenters. The first-order chi connectivity index (χ1) is 7.65. The second kappa shape index (κ2) is 4.43. The molecule has 1 aromatic rings. The van der Waals surface area contributed by atoms with Crippen molar-refractivity contribution in [3.8, 4) is 5.75 Å². The number of carbonyl (C=O) groups is 1. The fourth-order valence-electron chi connectivity index (χ4n) is 1.63. The third kappa shape index (κ3) is 2.45. The van der Waals surface area contributed by atoms with E-state index in [-0.39, 0.29) is 18.3 Å². The Morgan fingerprint density at radius 3 is 2.94 bits per heavy atom. The van der Waals surface area contributed by atoms with E-state index < -0.39 is 0 Å². The average molecular weight is 221 g/mol. The molecule has 1 N–H and O–H groups in total. The molecular formula is C12H15NO3. The highest BCUT2D eigenvalue weighted by molar-refractivity contribution is 5.69. The lowest BCUT2D eigenvalue weighted by atomic mass is 10.1. The zero-order valence-electron chi connectivity index (χ0n) is 9.40. The summed E-state index contributed by atoms with van der Waals surface area (Å²) >= 11 is 0. The Morgan fingerprint density at radius 2 is 2.31 bits per heavy atom. The number of amides is 1. The maximum absolute atomic E-state index is 10.9. The number of ether oxygens (including phenoxy) is 2. The minimum Gasteiger partial charge on any atom is -0.491 e. The van der Waals surface area contributed by atoms with Crippen LogP contribution in [0.15, 0.2) is 24.3 Å². The minimum atomic E-state index is -0.361. The van der Waals surface area contributed by atoms with Crippen LogP contribution in [0.5, 0.6) is 5.75 Å². The normalized spacial score (nSPS) is 19.4. The van der Waals surface area contributed by atoms with Crippen LogP contribution in [-0.2, 0) is 4.74 Å². The van der Waals surface area contributed by atoms with Crippen LogP contribution in [0.2, 0.25) is 0 Å². The van der Waals surface area contributed by atoms with E-state index in [2.05, 4.69) is 5.32 Å². The Labute approximate surface area is 94.6 Å². The Morgan fingerprint density at radius 1 is 1.50 bits per heavy atom.